The van der Waals surface area contributed by atoms with E-state index in [1.807, 2.05) is 0 Å². The molecule has 0 aliphatic heterocycles. The van der Waals surface area contributed by atoms with Crippen LogP contribution in [0, 0.1) is 11.8 Å². The maximum absolute atomic E-state index is 10.5. The van der Waals surface area contributed by atoms with Crippen molar-refractivity contribution < 1.29 is 9.59 Å². The van der Waals surface area contributed by atoms with Crippen molar-refractivity contribution in [2.45, 2.75) is 52.4 Å². The monoisotopic (exact) mass is 196 g/mol. The first-order valence-electron chi connectivity index (χ1n) is 5.61. The highest BCUT2D eigenvalue weighted by Crippen LogP contribution is 2.20. The van der Waals surface area contributed by atoms with Crippen molar-refractivity contribution >= 4 is 11.6 Å². The molecule has 0 aromatic rings. The maximum Gasteiger partial charge on any atom is 0.133 e. The molecule has 2 unspecified atom stereocenters. The lowest BCUT2D eigenvalue weighted by Crippen LogP contribution is -1.86. The van der Waals surface area contributed by atoms with Gasteiger partial charge in [-0.3, -0.25) is 9.59 Å². The molecule has 0 aromatic heterocycles. The van der Waals surface area contributed by atoms with E-state index in [0.29, 0.717) is 23.4 Å². The summed E-state index contributed by atoms with van der Waals surface area (Å²) in [6, 6.07) is 0. The summed E-state index contributed by atoms with van der Waals surface area (Å²) in [4.78, 5) is 20.9. The van der Waals surface area contributed by atoms with Crippen LogP contribution in [0.3, 0.4) is 0 Å². The highest BCUT2D eigenvalue weighted by atomic mass is 16.1. The maximum atomic E-state index is 10.5. The lowest BCUT2D eigenvalue weighted by atomic mass is 10.1. The Morgan fingerprint density at radius 1 is 0.857 bits per heavy atom. The van der Waals surface area contributed by atoms with E-state index in [2.05, 4.69) is 13.8 Å². The van der Waals surface area contributed by atoms with Gasteiger partial charge >= 0.3 is 0 Å². The molecule has 80 valence electrons. The van der Waals surface area contributed by atoms with E-state index in [9.17, 15) is 9.59 Å². The first-order valence-corrected chi connectivity index (χ1v) is 5.61. The quantitative estimate of drug-likeness (QED) is 0.597. The van der Waals surface area contributed by atoms with Crippen LogP contribution in [-0.4, -0.2) is 11.6 Å². The van der Waals surface area contributed by atoms with Crippen LogP contribution in [-0.2, 0) is 9.59 Å². The summed E-state index contributed by atoms with van der Waals surface area (Å²) in [5.74, 6) is 2.25. The molecule has 2 rings (SSSR count). The largest absolute Gasteiger partial charge is 0.300 e. The van der Waals surface area contributed by atoms with E-state index >= 15 is 0 Å². The van der Waals surface area contributed by atoms with Gasteiger partial charge in [0.1, 0.15) is 11.6 Å². The fraction of sp³-hybridized carbons (Fsp3) is 0.833. The Kier molecular flexibility index (Phi) is 4.30. The zero-order valence-corrected chi connectivity index (χ0v) is 9.21. The topological polar surface area (TPSA) is 34.1 Å². The third kappa shape index (κ3) is 4.03. The molecule has 0 spiro atoms. The second-order valence-corrected chi connectivity index (χ2v) is 4.77. The van der Waals surface area contributed by atoms with Crippen LogP contribution in [0.4, 0.5) is 0 Å². The molecule has 2 aliphatic carbocycles. The Bertz CT molecular complexity index is 196. The number of hydrogen-bond acceptors (Lipinski definition) is 2. The van der Waals surface area contributed by atoms with Crippen LogP contribution < -0.4 is 0 Å². The van der Waals surface area contributed by atoms with E-state index in [-0.39, 0.29) is 0 Å². The SMILES string of the molecule is CC1CCC(=O)C1.CC1CCC(=O)C1. The molecule has 2 atom stereocenters. The Morgan fingerprint density at radius 2 is 1.21 bits per heavy atom. The summed E-state index contributed by atoms with van der Waals surface area (Å²) < 4.78 is 0. The van der Waals surface area contributed by atoms with Gasteiger partial charge in [-0.05, 0) is 24.7 Å². The summed E-state index contributed by atoms with van der Waals surface area (Å²) in [7, 11) is 0. The van der Waals surface area contributed by atoms with E-state index in [0.717, 1.165) is 38.5 Å². The standard InChI is InChI=1S/2C6H10O/c2*1-5-2-3-6(7)4-5/h2*5H,2-4H2,1H3. The molecule has 0 amide bonds. The zero-order valence-electron chi connectivity index (χ0n) is 9.21. The number of hydrogen-bond donors (Lipinski definition) is 0. The van der Waals surface area contributed by atoms with Crippen molar-refractivity contribution in [3.63, 3.8) is 0 Å². The van der Waals surface area contributed by atoms with Crippen molar-refractivity contribution in [2.75, 3.05) is 0 Å². The number of Topliss-reactive ketones (excluding diaryl/α,β-unsaturated/α-hetero) is 2. The van der Waals surface area contributed by atoms with Crippen LogP contribution in [0.5, 0.6) is 0 Å². The minimum atomic E-state index is 0.451. The van der Waals surface area contributed by atoms with E-state index in [1.165, 1.54) is 0 Å². The van der Waals surface area contributed by atoms with Crippen molar-refractivity contribution in [3.05, 3.63) is 0 Å². The van der Waals surface area contributed by atoms with Gasteiger partial charge in [0.15, 0.2) is 0 Å². The molecular weight excluding hydrogens is 176 g/mol. The van der Waals surface area contributed by atoms with Crippen molar-refractivity contribution in [3.8, 4) is 0 Å². The number of carbonyl (C=O) groups excluding carboxylic acids is 2. The predicted molar refractivity (Wildman–Crippen MR) is 56.0 cm³/mol. The molecule has 2 aliphatic rings. The second-order valence-electron chi connectivity index (χ2n) is 4.77. The van der Waals surface area contributed by atoms with Crippen LogP contribution in [0.2, 0.25) is 0 Å². The average Bonchev–Trinajstić information content (AvgIpc) is 2.63. The summed E-state index contributed by atoms with van der Waals surface area (Å²) in [5.41, 5.74) is 0. The molecule has 0 bridgehead atoms. The van der Waals surface area contributed by atoms with Gasteiger partial charge in [-0.2, -0.15) is 0 Å². The Balaban J connectivity index is 0.000000140. The molecule has 2 nitrogen and oxygen atoms in total. The summed E-state index contributed by atoms with van der Waals surface area (Å²) in [6.45, 7) is 4.26. The van der Waals surface area contributed by atoms with Gasteiger partial charge < -0.3 is 0 Å². The van der Waals surface area contributed by atoms with Crippen molar-refractivity contribution in [1.82, 2.24) is 0 Å². The Labute approximate surface area is 86.1 Å². The molecule has 14 heavy (non-hydrogen) atoms. The first kappa shape index (κ1) is 11.4. The van der Waals surface area contributed by atoms with Gasteiger partial charge in [-0.1, -0.05) is 13.8 Å². The second kappa shape index (κ2) is 5.28. The van der Waals surface area contributed by atoms with Gasteiger partial charge in [0, 0.05) is 25.7 Å². The molecule has 0 radical (unpaired) electrons. The fourth-order valence-corrected chi connectivity index (χ4v) is 2.00. The van der Waals surface area contributed by atoms with Gasteiger partial charge in [0.25, 0.3) is 0 Å². The van der Waals surface area contributed by atoms with E-state index in [1.54, 1.807) is 0 Å². The summed E-state index contributed by atoms with van der Waals surface area (Å²) in [6.07, 6.45) is 5.58. The molecule has 0 saturated heterocycles. The number of rotatable bonds is 0. The first-order chi connectivity index (χ1) is 6.58. The fourth-order valence-electron chi connectivity index (χ4n) is 2.00. The zero-order chi connectivity index (χ0) is 10.6. The van der Waals surface area contributed by atoms with Crippen molar-refractivity contribution in [2.24, 2.45) is 11.8 Å². The Morgan fingerprint density at radius 3 is 1.29 bits per heavy atom. The van der Waals surface area contributed by atoms with E-state index < -0.39 is 0 Å². The minimum Gasteiger partial charge on any atom is -0.300 e. The van der Waals surface area contributed by atoms with Crippen LogP contribution in [0.15, 0.2) is 0 Å². The van der Waals surface area contributed by atoms with Gasteiger partial charge in [-0.15, -0.1) is 0 Å². The van der Waals surface area contributed by atoms with Crippen LogP contribution in [0.1, 0.15) is 52.4 Å². The van der Waals surface area contributed by atoms with Gasteiger partial charge in [-0.25, -0.2) is 0 Å². The molecule has 0 aromatic carbocycles. The summed E-state index contributed by atoms with van der Waals surface area (Å²) in [5, 5.41) is 0. The normalized spacial score (nSPS) is 31.6. The van der Waals surface area contributed by atoms with E-state index in [4.69, 9.17) is 0 Å². The van der Waals surface area contributed by atoms with Gasteiger partial charge in [0.05, 0.1) is 0 Å². The van der Waals surface area contributed by atoms with Crippen molar-refractivity contribution in [1.29, 1.82) is 0 Å². The van der Waals surface area contributed by atoms with Crippen LogP contribution in [0.25, 0.3) is 0 Å². The molecule has 2 heteroatoms. The third-order valence-electron chi connectivity index (χ3n) is 2.98. The van der Waals surface area contributed by atoms with Gasteiger partial charge in [0.2, 0.25) is 0 Å². The predicted octanol–water partition coefficient (Wildman–Crippen LogP) is 2.75. The average molecular weight is 196 g/mol. The minimum absolute atomic E-state index is 0.451. The summed E-state index contributed by atoms with van der Waals surface area (Å²) >= 11 is 0. The Hall–Kier alpha value is -0.660. The molecular formula is C12H20O2. The molecule has 2 fully saturated rings. The van der Waals surface area contributed by atoms with Crippen LogP contribution >= 0.6 is 0 Å². The molecule has 2 saturated carbocycles. The molecule has 0 N–H and O–H groups in total. The molecule has 0 heterocycles. The highest BCUT2D eigenvalue weighted by Gasteiger charge is 2.17. The number of ketones is 2. The third-order valence-corrected chi connectivity index (χ3v) is 2.98. The smallest absolute Gasteiger partial charge is 0.133 e. The lowest BCUT2D eigenvalue weighted by molar-refractivity contribution is -0.118. The highest BCUT2D eigenvalue weighted by molar-refractivity contribution is 5.80. The lowest BCUT2D eigenvalue weighted by Gasteiger charge is -1.90. The number of carbonyl (C=O) groups is 2.